The lowest BCUT2D eigenvalue weighted by Crippen LogP contribution is -2.34. The van der Waals surface area contributed by atoms with Gasteiger partial charge in [-0.15, -0.1) is 0 Å². The molecule has 0 saturated carbocycles. The number of rotatable bonds is 5. The third-order valence-corrected chi connectivity index (χ3v) is 3.64. The van der Waals surface area contributed by atoms with Crippen molar-refractivity contribution in [3.8, 4) is 0 Å². The number of hydrogen-bond donors (Lipinski definition) is 3. The molecule has 2 rings (SSSR count). The standard InChI is InChI=1S/C15H21F4N5O/c1-7(2)20-13-22-12(9-5-4-6-10(25)11(9)16)23-14(24-13)21-8(3)15(17,18)19/h7-8,10,25H,4-6H2,1-3H3,(H2,20,21,22,23,24)/t8?,10-/m0/s1. The van der Waals surface area contributed by atoms with E-state index in [2.05, 4.69) is 25.6 Å². The highest BCUT2D eigenvalue weighted by molar-refractivity contribution is 5.65. The van der Waals surface area contributed by atoms with Crippen molar-refractivity contribution >= 4 is 17.5 Å². The minimum absolute atomic E-state index is 0.0391. The van der Waals surface area contributed by atoms with Gasteiger partial charge in [-0.05, 0) is 40.0 Å². The zero-order valence-electron chi connectivity index (χ0n) is 14.2. The SMILES string of the molecule is CC(C)Nc1nc(NC(C)C(F)(F)F)nc(C2=C(F)[C@@H](O)CCC2)n1. The maximum absolute atomic E-state index is 14.2. The van der Waals surface area contributed by atoms with E-state index in [0.29, 0.717) is 12.8 Å². The molecule has 6 nitrogen and oxygen atoms in total. The predicted molar refractivity (Wildman–Crippen MR) is 85.6 cm³/mol. The summed E-state index contributed by atoms with van der Waals surface area (Å²) < 4.78 is 52.5. The molecule has 1 aliphatic rings. The van der Waals surface area contributed by atoms with Gasteiger partial charge in [0.15, 0.2) is 5.82 Å². The fraction of sp³-hybridized carbons (Fsp3) is 0.667. The largest absolute Gasteiger partial charge is 0.408 e. The first-order valence-corrected chi connectivity index (χ1v) is 8.00. The average Bonchev–Trinajstić information content (AvgIpc) is 2.48. The molecule has 0 spiro atoms. The molecule has 0 fully saturated rings. The molecule has 1 heterocycles. The van der Waals surface area contributed by atoms with Gasteiger partial charge in [0, 0.05) is 11.6 Å². The van der Waals surface area contributed by atoms with E-state index in [1.807, 2.05) is 0 Å². The van der Waals surface area contributed by atoms with Gasteiger partial charge in [0.05, 0.1) is 0 Å². The highest BCUT2D eigenvalue weighted by atomic mass is 19.4. The summed E-state index contributed by atoms with van der Waals surface area (Å²) >= 11 is 0. The number of aliphatic hydroxyl groups excluding tert-OH is 1. The van der Waals surface area contributed by atoms with Crippen LogP contribution >= 0.6 is 0 Å². The smallest absolute Gasteiger partial charge is 0.386 e. The van der Waals surface area contributed by atoms with Crippen LogP contribution < -0.4 is 10.6 Å². The number of alkyl halides is 3. The molecule has 1 aliphatic carbocycles. The molecule has 3 N–H and O–H groups in total. The molecule has 2 atom stereocenters. The van der Waals surface area contributed by atoms with Crippen LogP contribution in [-0.4, -0.2) is 44.4 Å². The van der Waals surface area contributed by atoms with Crippen LogP contribution in [0.25, 0.3) is 5.57 Å². The fourth-order valence-electron chi connectivity index (χ4n) is 2.31. The van der Waals surface area contributed by atoms with Crippen LogP contribution in [0.15, 0.2) is 5.83 Å². The number of hydrogen-bond acceptors (Lipinski definition) is 6. The van der Waals surface area contributed by atoms with Crippen LogP contribution in [-0.2, 0) is 0 Å². The second kappa shape index (κ2) is 7.51. The Bertz CT molecular complexity index is 647. The topological polar surface area (TPSA) is 83.0 Å². The van der Waals surface area contributed by atoms with Gasteiger partial charge >= 0.3 is 6.18 Å². The molecule has 0 amide bonds. The third kappa shape index (κ3) is 5.00. The number of aliphatic hydroxyl groups is 1. The van der Waals surface area contributed by atoms with E-state index >= 15 is 0 Å². The van der Waals surface area contributed by atoms with Crippen LogP contribution in [0.3, 0.4) is 0 Å². The molecule has 0 aliphatic heterocycles. The Labute approximate surface area is 142 Å². The number of nitrogens with zero attached hydrogens (tertiary/aromatic N) is 3. The van der Waals surface area contributed by atoms with E-state index in [0.717, 1.165) is 6.92 Å². The van der Waals surface area contributed by atoms with Crippen molar-refractivity contribution in [1.29, 1.82) is 0 Å². The number of halogens is 4. The number of aromatic nitrogens is 3. The van der Waals surface area contributed by atoms with Gasteiger partial charge in [-0.25, -0.2) is 4.39 Å². The summed E-state index contributed by atoms with van der Waals surface area (Å²) in [6, 6.07) is -1.97. The first-order chi connectivity index (χ1) is 11.6. The molecule has 1 unspecified atom stereocenters. The monoisotopic (exact) mass is 363 g/mol. The predicted octanol–water partition coefficient (Wildman–Crippen LogP) is 3.28. The molecule has 0 radical (unpaired) electrons. The summed E-state index contributed by atoms with van der Waals surface area (Å²) in [6.45, 7) is 4.54. The lowest BCUT2D eigenvalue weighted by Gasteiger charge is -2.21. The maximum Gasteiger partial charge on any atom is 0.408 e. The van der Waals surface area contributed by atoms with Gasteiger partial charge in [-0.3, -0.25) is 0 Å². The van der Waals surface area contributed by atoms with Crippen molar-refractivity contribution in [2.24, 2.45) is 0 Å². The van der Waals surface area contributed by atoms with Crippen LogP contribution in [0.4, 0.5) is 29.5 Å². The summed E-state index contributed by atoms with van der Waals surface area (Å²) in [6.07, 6.45) is -4.61. The molecule has 0 bridgehead atoms. The second-order valence-corrected chi connectivity index (χ2v) is 6.25. The van der Waals surface area contributed by atoms with Crippen LogP contribution in [0.2, 0.25) is 0 Å². The summed E-state index contributed by atoms with van der Waals surface area (Å²) in [5.41, 5.74) is 0.0932. The number of nitrogens with one attached hydrogen (secondary N) is 2. The van der Waals surface area contributed by atoms with Gasteiger partial charge in [0.2, 0.25) is 11.9 Å². The molecule has 10 heteroatoms. The molecule has 0 saturated heterocycles. The Kier molecular flexibility index (Phi) is 5.81. The first kappa shape index (κ1) is 19.4. The van der Waals surface area contributed by atoms with E-state index in [1.54, 1.807) is 13.8 Å². The molecule has 1 aromatic rings. The van der Waals surface area contributed by atoms with Gasteiger partial charge < -0.3 is 15.7 Å². The van der Waals surface area contributed by atoms with E-state index in [9.17, 15) is 22.7 Å². The molecule has 140 valence electrons. The summed E-state index contributed by atoms with van der Waals surface area (Å²) in [5, 5.41) is 14.7. The van der Waals surface area contributed by atoms with Crippen molar-refractivity contribution in [3.63, 3.8) is 0 Å². The van der Waals surface area contributed by atoms with Crippen molar-refractivity contribution < 1.29 is 22.7 Å². The molecular formula is C15H21F4N5O. The van der Waals surface area contributed by atoms with Crippen molar-refractivity contribution in [3.05, 3.63) is 11.7 Å². The van der Waals surface area contributed by atoms with E-state index in [4.69, 9.17) is 0 Å². The van der Waals surface area contributed by atoms with E-state index in [1.165, 1.54) is 0 Å². The lowest BCUT2D eigenvalue weighted by atomic mass is 9.96. The van der Waals surface area contributed by atoms with Crippen LogP contribution in [0.5, 0.6) is 0 Å². The summed E-state index contributed by atoms with van der Waals surface area (Å²) in [4.78, 5) is 11.9. The average molecular weight is 363 g/mol. The van der Waals surface area contributed by atoms with Gasteiger partial charge in [0.1, 0.15) is 18.0 Å². The normalized spacial score (nSPS) is 20.0. The highest BCUT2D eigenvalue weighted by Crippen LogP contribution is 2.32. The third-order valence-electron chi connectivity index (χ3n) is 3.64. The van der Waals surface area contributed by atoms with E-state index < -0.39 is 24.1 Å². The van der Waals surface area contributed by atoms with Gasteiger partial charge in [0.25, 0.3) is 0 Å². The fourth-order valence-corrected chi connectivity index (χ4v) is 2.31. The number of allylic oxidation sites excluding steroid dienone is 1. The van der Waals surface area contributed by atoms with Crippen LogP contribution in [0, 0.1) is 0 Å². The first-order valence-electron chi connectivity index (χ1n) is 8.00. The van der Waals surface area contributed by atoms with Crippen molar-refractivity contribution in [2.45, 2.75) is 64.4 Å². The minimum atomic E-state index is -4.48. The zero-order valence-corrected chi connectivity index (χ0v) is 14.2. The maximum atomic E-state index is 14.2. The van der Waals surface area contributed by atoms with Gasteiger partial charge in [-0.2, -0.15) is 28.1 Å². The van der Waals surface area contributed by atoms with Gasteiger partial charge in [-0.1, -0.05) is 0 Å². The second-order valence-electron chi connectivity index (χ2n) is 6.25. The Balaban J connectivity index is 2.42. The Morgan fingerprint density at radius 3 is 2.24 bits per heavy atom. The van der Waals surface area contributed by atoms with Crippen molar-refractivity contribution in [1.82, 2.24) is 15.0 Å². The minimum Gasteiger partial charge on any atom is -0.386 e. The highest BCUT2D eigenvalue weighted by Gasteiger charge is 2.36. The molecule has 0 aromatic carbocycles. The van der Waals surface area contributed by atoms with Crippen LogP contribution in [0.1, 0.15) is 45.9 Å². The lowest BCUT2D eigenvalue weighted by molar-refractivity contribution is -0.138. The number of anilines is 2. The Morgan fingerprint density at radius 1 is 1.08 bits per heavy atom. The Hall–Kier alpha value is -1.97. The zero-order chi connectivity index (χ0) is 18.8. The molecule has 25 heavy (non-hydrogen) atoms. The Morgan fingerprint density at radius 2 is 1.68 bits per heavy atom. The molecule has 1 aromatic heterocycles. The van der Waals surface area contributed by atoms with Crippen molar-refractivity contribution in [2.75, 3.05) is 10.6 Å². The van der Waals surface area contributed by atoms with E-state index in [-0.39, 0.29) is 35.8 Å². The summed E-state index contributed by atoms with van der Waals surface area (Å²) in [7, 11) is 0. The quantitative estimate of drug-likeness (QED) is 0.697. The molecular weight excluding hydrogens is 342 g/mol. The summed E-state index contributed by atoms with van der Waals surface area (Å²) in [5.74, 6) is -1.09.